The zero-order chi connectivity index (χ0) is 17.4. The lowest BCUT2D eigenvalue weighted by atomic mass is 9.98. The van der Waals surface area contributed by atoms with Gasteiger partial charge in [0.15, 0.2) is 0 Å². The average molecular weight is 337 g/mol. The molecule has 6 heteroatoms. The smallest absolute Gasteiger partial charge is 0.257 e. The predicted octanol–water partition coefficient (Wildman–Crippen LogP) is 2.82. The average Bonchev–Trinajstić information content (AvgIpc) is 3.03. The van der Waals surface area contributed by atoms with Crippen molar-refractivity contribution in [3.63, 3.8) is 0 Å². The molecule has 0 unspecified atom stereocenters. The van der Waals surface area contributed by atoms with Crippen molar-refractivity contribution in [2.75, 3.05) is 27.3 Å². The maximum absolute atomic E-state index is 12.7. The second-order valence-electron chi connectivity index (χ2n) is 6.11. The monoisotopic (exact) mass is 337 g/mol. The molecule has 25 heavy (non-hydrogen) atoms. The number of carbonyl (C=O) groups is 1. The first kappa shape index (κ1) is 15.5. The molecule has 0 bridgehead atoms. The van der Waals surface area contributed by atoms with Crippen molar-refractivity contribution in [3.05, 3.63) is 53.9 Å². The van der Waals surface area contributed by atoms with Gasteiger partial charge in [0.1, 0.15) is 17.3 Å². The molecule has 0 radical (unpaired) electrons. The predicted molar refractivity (Wildman–Crippen MR) is 94.3 cm³/mol. The highest BCUT2D eigenvalue weighted by molar-refractivity contribution is 5.97. The van der Waals surface area contributed by atoms with Crippen LogP contribution in [0.5, 0.6) is 11.5 Å². The van der Waals surface area contributed by atoms with Gasteiger partial charge in [-0.1, -0.05) is 12.1 Å². The summed E-state index contributed by atoms with van der Waals surface area (Å²) in [5, 5.41) is 0. The summed E-state index contributed by atoms with van der Waals surface area (Å²) in [5.74, 6) is 2.33. The van der Waals surface area contributed by atoms with Crippen LogP contribution in [-0.2, 0) is 0 Å². The van der Waals surface area contributed by atoms with Gasteiger partial charge in [-0.05, 0) is 24.3 Å². The van der Waals surface area contributed by atoms with Crippen LogP contribution in [0, 0.1) is 0 Å². The van der Waals surface area contributed by atoms with Crippen molar-refractivity contribution in [2.45, 2.75) is 5.92 Å². The standard InChI is InChI=1S/C19H19N3O3/c1-24-13-7-8-14(17(9-13)25-2)19(23)22-10-12(11-22)18-20-15-5-3-4-6-16(15)21-18/h3-9,12H,10-11H2,1-2H3,(H,20,21). The largest absolute Gasteiger partial charge is 0.497 e. The first-order valence-corrected chi connectivity index (χ1v) is 8.15. The summed E-state index contributed by atoms with van der Waals surface area (Å²) in [5.41, 5.74) is 2.53. The molecule has 2 heterocycles. The van der Waals surface area contributed by atoms with Crippen molar-refractivity contribution in [3.8, 4) is 11.5 Å². The van der Waals surface area contributed by atoms with E-state index in [2.05, 4.69) is 9.97 Å². The second-order valence-corrected chi connectivity index (χ2v) is 6.11. The summed E-state index contributed by atoms with van der Waals surface area (Å²) in [6, 6.07) is 13.2. The minimum absolute atomic E-state index is 0.0353. The van der Waals surface area contributed by atoms with Crippen LogP contribution in [0.15, 0.2) is 42.5 Å². The van der Waals surface area contributed by atoms with Crippen molar-refractivity contribution >= 4 is 16.9 Å². The van der Waals surface area contributed by atoms with E-state index in [1.807, 2.05) is 29.2 Å². The molecule has 1 N–H and O–H groups in total. The van der Waals surface area contributed by atoms with E-state index in [0.717, 1.165) is 16.9 Å². The quantitative estimate of drug-likeness (QED) is 0.795. The molecule has 1 aromatic heterocycles. The van der Waals surface area contributed by atoms with Crippen molar-refractivity contribution in [1.82, 2.24) is 14.9 Å². The highest BCUT2D eigenvalue weighted by Gasteiger charge is 2.35. The molecule has 0 aliphatic carbocycles. The van der Waals surface area contributed by atoms with Crippen LogP contribution in [-0.4, -0.2) is 48.1 Å². The number of imidazole rings is 1. The van der Waals surface area contributed by atoms with E-state index in [9.17, 15) is 4.79 Å². The number of rotatable bonds is 4. The second kappa shape index (κ2) is 6.12. The van der Waals surface area contributed by atoms with Gasteiger partial charge in [-0.3, -0.25) is 4.79 Å². The van der Waals surface area contributed by atoms with Crippen molar-refractivity contribution in [2.24, 2.45) is 0 Å². The van der Waals surface area contributed by atoms with Gasteiger partial charge in [0.2, 0.25) is 0 Å². The third kappa shape index (κ3) is 2.69. The van der Waals surface area contributed by atoms with Gasteiger partial charge in [0.25, 0.3) is 5.91 Å². The Bertz CT molecular complexity index is 896. The Morgan fingerprint density at radius 3 is 2.68 bits per heavy atom. The third-order valence-electron chi connectivity index (χ3n) is 4.60. The van der Waals surface area contributed by atoms with E-state index in [1.54, 1.807) is 32.4 Å². The van der Waals surface area contributed by atoms with E-state index in [4.69, 9.17) is 9.47 Å². The molecule has 1 aliphatic rings. The Hall–Kier alpha value is -3.02. The van der Waals surface area contributed by atoms with Gasteiger partial charge >= 0.3 is 0 Å². The number of hydrogen-bond donors (Lipinski definition) is 1. The third-order valence-corrected chi connectivity index (χ3v) is 4.60. The summed E-state index contributed by atoms with van der Waals surface area (Å²) in [7, 11) is 3.14. The number of para-hydroxylation sites is 2. The molecule has 0 spiro atoms. The summed E-state index contributed by atoms with van der Waals surface area (Å²) in [6.07, 6.45) is 0. The fraction of sp³-hybridized carbons (Fsp3) is 0.263. The summed E-state index contributed by atoms with van der Waals surface area (Å²) < 4.78 is 10.5. The van der Waals surface area contributed by atoms with Crippen LogP contribution in [0.3, 0.4) is 0 Å². The van der Waals surface area contributed by atoms with Gasteiger partial charge in [-0.2, -0.15) is 0 Å². The van der Waals surface area contributed by atoms with Crippen molar-refractivity contribution < 1.29 is 14.3 Å². The molecule has 1 fully saturated rings. The Balaban J connectivity index is 1.49. The zero-order valence-corrected chi connectivity index (χ0v) is 14.2. The minimum atomic E-state index is -0.0353. The number of H-pyrrole nitrogens is 1. The van der Waals surface area contributed by atoms with Gasteiger partial charge in [0.05, 0.1) is 36.7 Å². The van der Waals surface area contributed by atoms with E-state index in [1.165, 1.54) is 0 Å². The first-order chi connectivity index (χ1) is 12.2. The number of fused-ring (bicyclic) bond motifs is 1. The molecule has 3 aromatic rings. The number of hydrogen-bond acceptors (Lipinski definition) is 4. The van der Waals surface area contributed by atoms with Crippen molar-refractivity contribution in [1.29, 1.82) is 0 Å². The van der Waals surface area contributed by atoms with Gasteiger partial charge in [-0.15, -0.1) is 0 Å². The van der Waals surface area contributed by atoms with E-state index < -0.39 is 0 Å². The molecular formula is C19H19N3O3. The maximum atomic E-state index is 12.7. The number of ether oxygens (including phenoxy) is 2. The van der Waals surface area contributed by atoms with E-state index >= 15 is 0 Å². The SMILES string of the molecule is COc1ccc(C(=O)N2CC(c3nc4ccccc4[nH]3)C2)c(OC)c1. The first-order valence-electron chi connectivity index (χ1n) is 8.15. The number of nitrogens with zero attached hydrogens (tertiary/aromatic N) is 2. The van der Waals surface area contributed by atoms with Gasteiger partial charge < -0.3 is 19.4 Å². The molecule has 4 rings (SSSR count). The molecule has 1 aliphatic heterocycles. The van der Waals surface area contributed by atoms with Crippen LogP contribution < -0.4 is 9.47 Å². The molecule has 1 amide bonds. The van der Waals surface area contributed by atoms with Gasteiger partial charge in [-0.25, -0.2) is 4.98 Å². The normalized spacial score (nSPS) is 14.4. The lowest BCUT2D eigenvalue weighted by molar-refractivity contribution is 0.0592. The molecule has 6 nitrogen and oxygen atoms in total. The van der Waals surface area contributed by atoms with Crippen LogP contribution >= 0.6 is 0 Å². The van der Waals surface area contributed by atoms with E-state index in [0.29, 0.717) is 30.2 Å². The van der Waals surface area contributed by atoms with E-state index in [-0.39, 0.29) is 11.8 Å². The molecule has 2 aromatic carbocycles. The number of nitrogens with one attached hydrogen (secondary N) is 1. The topological polar surface area (TPSA) is 67.5 Å². The highest BCUT2D eigenvalue weighted by atomic mass is 16.5. The fourth-order valence-electron chi connectivity index (χ4n) is 3.13. The van der Waals surface area contributed by atoms with Gasteiger partial charge in [0, 0.05) is 19.2 Å². The Labute approximate surface area is 145 Å². The number of amides is 1. The number of aromatic nitrogens is 2. The number of likely N-dealkylation sites (tertiary alicyclic amines) is 1. The summed E-state index contributed by atoms with van der Waals surface area (Å²) in [4.78, 5) is 22.5. The zero-order valence-electron chi connectivity index (χ0n) is 14.2. The van der Waals surface area contributed by atoms with Crippen LogP contribution in [0.25, 0.3) is 11.0 Å². The fourth-order valence-corrected chi connectivity index (χ4v) is 3.13. The molecular weight excluding hydrogens is 318 g/mol. The maximum Gasteiger partial charge on any atom is 0.257 e. The number of carbonyl (C=O) groups excluding carboxylic acids is 1. The summed E-state index contributed by atoms with van der Waals surface area (Å²) in [6.45, 7) is 1.29. The number of aromatic amines is 1. The van der Waals surface area contributed by atoms with Crippen LogP contribution in [0.4, 0.5) is 0 Å². The minimum Gasteiger partial charge on any atom is -0.497 e. The molecule has 0 atom stereocenters. The molecule has 128 valence electrons. The Morgan fingerprint density at radius 1 is 1.16 bits per heavy atom. The molecule has 1 saturated heterocycles. The summed E-state index contributed by atoms with van der Waals surface area (Å²) >= 11 is 0. The number of methoxy groups -OCH3 is 2. The highest BCUT2D eigenvalue weighted by Crippen LogP contribution is 2.31. The van der Waals surface area contributed by atoms with Crippen LogP contribution in [0.2, 0.25) is 0 Å². The Kier molecular flexibility index (Phi) is 3.80. The number of benzene rings is 2. The molecule has 0 saturated carbocycles. The lowest BCUT2D eigenvalue weighted by Gasteiger charge is -2.38. The Morgan fingerprint density at radius 2 is 1.96 bits per heavy atom. The lowest BCUT2D eigenvalue weighted by Crippen LogP contribution is -2.48. The van der Waals surface area contributed by atoms with Crippen LogP contribution in [0.1, 0.15) is 22.1 Å².